The Balaban J connectivity index is 3.62. The van der Waals surface area contributed by atoms with Crippen LogP contribution in [0.15, 0.2) is 12.2 Å². The maximum atomic E-state index is 3.94. The second-order valence-corrected chi connectivity index (χ2v) is 5.50. The van der Waals surface area contributed by atoms with Gasteiger partial charge in [0.25, 0.3) is 0 Å². The first-order valence-corrected chi connectivity index (χ1v) is 6.58. The Morgan fingerprint density at radius 3 is 2.57 bits per heavy atom. The predicted molar refractivity (Wildman–Crippen MR) is 69.1 cm³/mol. The Morgan fingerprint density at radius 1 is 1.50 bits per heavy atom. The van der Waals surface area contributed by atoms with E-state index in [2.05, 4.69) is 51.5 Å². The summed E-state index contributed by atoms with van der Waals surface area (Å²) in [5.41, 5.74) is 1.29. The van der Waals surface area contributed by atoms with Crippen molar-refractivity contribution in [3.05, 3.63) is 12.2 Å². The molecule has 1 nitrogen and oxygen atoms in total. The highest BCUT2D eigenvalue weighted by atomic mass is 32.2. The fourth-order valence-corrected chi connectivity index (χ4v) is 2.26. The molecular weight excluding hydrogens is 190 g/mol. The van der Waals surface area contributed by atoms with Crippen LogP contribution in [0, 0.1) is 0 Å². The normalized spacial score (nSPS) is 15.1. The predicted octanol–water partition coefficient (Wildman–Crippen LogP) is 3.46. The quantitative estimate of drug-likeness (QED) is 0.622. The standard InChI is InChI=1S/C12H25NS/c1-6-11(4)14-9-12(13-5)8-7-10(2)3/h11-13H,2,6-9H2,1,3-5H3. The molecule has 0 heterocycles. The fraction of sp³-hybridized carbons (Fsp3) is 0.833. The number of rotatable bonds is 8. The number of hydrogen-bond acceptors (Lipinski definition) is 2. The van der Waals surface area contributed by atoms with Crippen LogP contribution in [0.3, 0.4) is 0 Å². The maximum Gasteiger partial charge on any atom is 0.0158 e. The van der Waals surface area contributed by atoms with Crippen LogP contribution >= 0.6 is 11.8 Å². The van der Waals surface area contributed by atoms with E-state index in [0.29, 0.717) is 6.04 Å². The number of allylic oxidation sites excluding steroid dienone is 1. The molecule has 0 aromatic heterocycles. The van der Waals surface area contributed by atoms with Crippen molar-refractivity contribution in [2.75, 3.05) is 12.8 Å². The molecule has 0 aliphatic carbocycles. The molecule has 2 heteroatoms. The molecule has 0 spiro atoms. The van der Waals surface area contributed by atoms with Gasteiger partial charge in [0.05, 0.1) is 0 Å². The summed E-state index contributed by atoms with van der Waals surface area (Å²) in [6.45, 7) is 10.6. The maximum absolute atomic E-state index is 3.94. The molecule has 84 valence electrons. The topological polar surface area (TPSA) is 12.0 Å². The van der Waals surface area contributed by atoms with Crippen LogP contribution in [-0.2, 0) is 0 Å². The fourth-order valence-electron chi connectivity index (χ4n) is 1.13. The average Bonchev–Trinajstić information content (AvgIpc) is 2.17. The van der Waals surface area contributed by atoms with Gasteiger partial charge in [-0.1, -0.05) is 19.4 Å². The van der Waals surface area contributed by atoms with Gasteiger partial charge in [0, 0.05) is 17.0 Å². The molecule has 0 bridgehead atoms. The van der Waals surface area contributed by atoms with E-state index in [0.717, 1.165) is 11.7 Å². The van der Waals surface area contributed by atoms with Gasteiger partial charge in [-0.3, -0.25) is 0 Å². The summed E-state index contributed by atoms with van der Waals surface area (Å²) in [5.74, 6) is 1.22. The van der Waals surface area contributed by atoms with Crippen molar-refractivity contribution >= 4 is 11.8 Å². The molecule has 0 fully saturated rings. The molecule has 0 aromatic rings. The Kier molecular flexibility index (Phi) is 8.40. The van der Waals surface area contributed by atoms with Gasteiger partial charge in [-0.25, -0.2) is 0 Å². The first kappa shape index (κ1) is 14.1. The lowest BCUT2D eigenvalue weighted by Crippen LogP contribution is -2.28. The molecule has 0 aliphatic rings. The van der Waals surface area contributed by atoms with Gasteiger partial charge in [0.1, 0.15) is 0 Å². The zero-order valence-electron chi connectivity index (χ0n) is 10.1. The molecule has 0 saturated heterocycles. The Hall–Kier alpha value is 0.0500. The molecule has 14 heavy (non-hydrogen) atoms. The van der Waals surface area contributed by atoms with Gasteiger partial charge in [0.15, 0.2) is 0 Å². The monoisotopic (exact) mass is 215 g/mol. The SMILES string of the molecule is C=C(C)CCC(CSC(C)CC)NC. The highest BCUT2D eigenvalue weighted by molar-refractivity contribution is 7.99. The third kappa shape index (κ3) is 7.45. The van der Waals surface area contributed by atoms with Crippen LogP contribution < -0.4 is 5.32 Å². The number of thioether (sulfide) groups is 1. The summed E-state index contributed by atoms with van der Waals surface area (Å²) >= 11 is 2.07. The highest BCUT2D eigenvalue weighted by Crippen LogP contribution is 2.17. The van der Waals surface area contributed by atoms with Gasteiger partial charge in [-0.2, -0.15) is 11.8 Å². The molecule has 0 aromatic carbocycles. The van der Waals surface area contributed by atoms with Crippen LogP contribution in [0.2, 0.25) is 0 Å². The van der Waals surface area contributed by atoms with Crippen molar-refractivity contribution in [2.45, 2.75) is 51.3 Å². The minimum Gasteiger partial charge on any atom is -0.316 e. The molecule has 0 rings (SSSR count). The van der Waals surface area contributed by atoms with Crippen LogP contribution in [0.1, 0.15) is 40.0 Å². The molecule has 1 N–H and O–H groups in total. The summed E-state index contributed by atoms with van der Waals surface area (Å²) in [4.78, 5) is 0. The lowest BCUT2D eigenvalue weighted by molar-refractivity contribution is 0.571. The van der Waals surface area contributed by atoms with Crippen LogP contribution in [0.4, 0.5) is 0 Å². The third-order valence-electron chi connectivity index (χ3n) is 2.48. The molecule has 0 amide bonds. The average molecular weight is 215 g/mol. The Labute approximate surface area is 93.7 Å². The molecule has 0 radical (unpaired) electrons. The van der Waals surface area contributed by atoms with Crippen molar-refractivity contribution in [2.24, 2.45) is 0 Å². The van der Waals surface area contributed by atoms with E-state index in [4.69, 9.17) is 0 Å². The second-order valence-electron chi connectivity index (χ2n) is 4.03. The van der Waals surface area contributed by atoms with Gasteiger partial charge in [-0.05, 0) is 33.2 Å². The third-order valence-corrected chi connectivity index (χ3v) is 3.98. The summed E-state index contributed by atoms with van der Waals surface area (Å²) in [6, 6.07) is 0.644. The highest BCUT2D eigenvalue weighted by Gasteiger charge is 2.08. The molecule has 2 unspecified atom stereocenters. The molecule has 0 aliphatic heterocycles. The van der Waals surface area contributed by atoms with E-state index in [1.165, 1.54) is 24.2 Å². The van der Waals surface area contributed by atoms with Crippen molar-refractivity contribution in [3.63, 3.8) is 0 Å². The summed E-state index contributed by atoms with van der Waals surface area (Å²) in [6.07, 6.45) is 3.63. The Morgan fingerprint density at radius 2 is 2.14 bits per heavy atom. The molecular formula is C12H25NS. The van der Waals surface area contributed by atoms with Crippen LogP contribution in [-0.4, -0.2) is 24.1 Å². The first-order chi connectivity index (χ1) is 6.60. The van der Waals surface area contributed by atoms with Crippen molar-refractivity contribution in [1.82, 2.24) is 5.32 Å². The lowest BCUT2D eigenvalue weighted by Gasteiger charge is -2.17. The van der Waals surface area contributed by atoms with Crippen molar-refractivity contribution in [1.29, 1.82) is 0 Å². The van der Waals surface area contributed by atoms with Crippen LogP contribution in [0.25, 0.3) is 0 Å². The molecule has 2 atom stereocenters. The van der Waals surface area contributed by atoms with E-state index in [9.17, 15) is 0 Å². The zero-order valence-corrected chi connectivity index (χ0v) is 10.9. The van der Waals surface area contributed by atoms with Crippen molar-refractivity contribution < 1.29 is 0 Å². The van der Waals surface area contributed by atoms with Gasteiger partial charge in [-0.15, -0.1) is 6.58 Å². The van der Waals surface area contributed by atoms with Gasteiger partial charge < -0.3 is 5.32 Å². The van der Waals surface area contributed by atoms with Gasteiger partial charge >= 0.3 is 0 Å². The van der Waals surface area contributed by atoms with E-state index >= 15 is 0 Å². The summed E-state index contributed by atoms with van der Waals surface area (Å²) in [7, 11) is 2.06. The van der Waals surface area contributed by atoms with Crippen LogP contribution in [0.5, 0.6) is 0 Å². The van der Waals surface area contributed by atoms with Crippen molar-refractivity contribution in [3.8, 4) is 0 Å². The minimum absolute atomic E-state index is 0.644. The number of nitrogens with one attached hydrogen (secondary N) is 1. The summed E-state index contributed by atoms with van der Waals surface area (Å²) < 4.78 is 0. The largest absolute Gasteiger partial charge is 0.316 e. The molecule has 0 saturated carbocycles. The van der Waals surface area contributed by atoms with E-state index in [-0.39, 0.29) is 0 Å². The zero-order chi connectivity index (χ0) is 11.0. The summed E-state index contributed by atoms with van der Waals surface area (Å²) in [5, 5.41) is 4.16. The van der Waals surface area contributed by atoms with E-state index < -0.39 is 0 Å². The first-order valence-electron chi connectivity index (χ1n) is 5.53. The van der Waals surface area contributed by atoms with E-state index in [1.54, 1.807) is 0 Å². The second kappa shape index (κ2) is 8.37. The Bertz CT molecular complexity index is 156. The van der Waals surface area contributed by atoms with Gasteiger partial charge in [0.2, 0.25) is 0 Å². The minimum atomic E-state index is 0.644. The smallest absolute Gasteiger partial charge is 0.0158 e. The van der Waals surface area contributed by atoms with E-state index in [1.807, 2.05) is 0 Å². The lowest BCUT2D eigenvalue weighted by atomic mass is 10.1. The number of hydrogen-bond donors (Lipinski definition) is 1.